The topological polar surface area (TPSA) is 49.4 Å². The van der Waals surface area contributed by atoms with E-state index < -0.39 is 0 Å². The standard InChI is InChI=1S/C17H32N2O2/c1-5-6-10-19-12-15(11-16(19)20)17(21)18-14(4)9-7-8-13(2)3/h13-15H,5-12H2,1-4H3,(H,18,21). The van der Waals surface area contributed by atoms with Gasteiger partial charge >= 0.3 is 0 Å². The fourth-order valence-electron chi connectivity index (χ4n) is 2.78. The van der Waals surface area contributed by atoms with Crippen LogP contribution in [-0.4, -0.2) is 35.8 Å². The van der Waals surface area contributed by atoms with Gasteiger partial charge in [-0.3, -0.25) is 9.59 Å². The smallest absolute Gasteiger partial charge is 0.225 e. The SMILES string of the molecule is CCCCN1CC(C(=O)NC(C)CCCC(C)C)CC1=O. The Labute approximate surface area is 129 Å². The van der Waals surface area contributed by atoms with Gasteiger partial charge in [-0.25, -0.2) is 0 Å². The average Bonchev–Trinajstić information content (AvgIpc) is 2.77. The van der Waals surface area contributed by atoms with E-state index in [1.54, 1.807) is 0 Å². The predicted octanol–water partition coefficient (Wildman–Crippen LogP) is 2.97. The third kappa shape index (κ3) is 6.49. The minimum Gasteiger partial charge on any atom is -0.353 e. The van der Waals surface area contributed by atoms with Crippen LogP contribution in [0.2, 0.25) is 0 Å². The first-order valence-electron chi connectivity index (χ1n) is 8.52. The van der Waals surface area contributed by atoms with Gasteiger partial charge in [0.05, 0.1) is 5.92 Å². The maximum Gasteiger partial charge on any atom is 0.225 e. The summed E-state index contributed by atoms with van der Waals surface area (Å²) in [7, 11) is 0. The largest absolute Gasteiger partial charge is 0.353 e. The zero-order chi connectivity index (χ0) is 15.8. The molecule has 4 heteroatoms. The van der Waals surface area contributed by atoms with Crippen LogP contribution in [0, 0.1) is 11.8 Å². The monoisotopic (exact) mass is 296 g/mol. The van der Waals surface area contributed by atoms with Crippen molar-refractivity contribution in [1.82, 2.24) is 10.2 Å². The van der Waals surface area contributed by atoms with Gasteiger partial charge in [0.15, 0.2) is 0 Å². The van der Waals surface area contributed by atoms with E-state index in [0.717, 1.165) is 32.2 Å². The van der Waals surface area contributed by atoms with E-state index in [4.69, 9.17) is 0 Å². The van der Waals surface area contributed by atoms with Crippen molar-refractivity contribution >= 4 is 11.8 Å². The van der Waals surface area contributed by atoms with Crippen molar-refractivity contribution in [2.24, 2.45) is 11.8 Å². The molecule has 0 aromatic heterocycles. The molecule has 1 fully saturated rings. The molecular formula is C17H32N2O2. The molecule has 2 amide bonds. The lowest BCUT2D eigenvalue weighted by Crippen LogP contribution is -2.38. The van der Waals surface area contributed by atoms with Crippen LogP contribution < -0.4 is 5.32 Å². The van der Waals surface area contributed by atoms with E-state index >= 15 is 0 Å². The second kappa shape index (κ2) is 9.06. The Morgan fingerprint density at radius 2 is 2.00 bits per heavy atom. The maximum absolute atomic E-state index is 12.2. The number of rotatable bonds is 9. The van der Waals surface area contributed by atoms with Crippen molar-refractivity contribution in [3.63, 3.8) is 0 Å². The van der Waals surface area contributed by atoms with Crippen LogP contribution in [0.15, 0.2) is 0 Å². The van der Waals surface area contributed by atoms with Crippen molar-refractivity contribution in [1.29, 1.82) is 0 Å². The van der Waals surface area contributed by atoms with Crippen LogP contribution in [0.3, 0.4) is 0 Å². The molecule has 1 rings (SSSR count). The summed E-state index contributed by atoms with van der Waals surface area (Å²) in [5.41, 5.74) is 0. The van der Waals surface area contributed by atoms with Crippen molar-refractivity contribution in [3.05, 3.63) is 0 Å². The van der Waals surface area contributed by atoms with E-state index in [2.05, 4.69) is 33.0 Å². The Balaban J connectivity index is 2.30. The van der Waals surface area contributed by atoms with Gasteiger partial charge in [-0.05, 0) is 25.7 Å². The van der Waals surface area contributed by atoms with E-state index in [1.165, 1.54) is 6.42 Å². The van der Waals surface area contributed by atoms with Gasteiger partial charge in [-0.1, -0.05) is 40.0 Å². The maximum atomic E-state index is 12.2. The number of hydrogen-bond donors (Lipinski definition) is 1. The Kier molecular flexibility index (Phi) is 7.76. The molecule has 21 heavy (non-hydrogen) atoms. The predicted molar refractivity (Wildman–Crippen MR) is 85.9 cm³/mol. The molecular weight excluding hydrogens is 264 g/mol. The van der Waals surface area contributed by atoms with Crippen molar-refractivity contribution < 1.29 is 9.59 Å². The number of amides is 2. The van der Waals surface area contributed by atoms with Gasteiger partial charge in [-0.2, -0.15) is 0 Å². The summed E-state index contributed by atoms with van der Waals surface area (Å²) >= 11 is 0. The summed E-state index contributed by atoms with van der Waals surface area (Å²) in [6.07, 6.45) is 5.84. The molecule has 1 aliphatic rings. The summed E-state index contributed by atoms with van der Waals surface area (Å²) in [5, 5.41) is 3.07. The van der Waals surface area contributed by atoms with Crippen LogP contribution in [0.5, 0.6) is 0 Å². The van der Waals surface area contributed by atoms with Gasteiger partial charge in [0, 0.05) is 25.6 Å². The number of nitrogens with zero attached hydrogens (tertiary/aromatic N) is 1. The summed E-state index contributed by atoms with van der Waals surface area (Å²) in [6, 6.07) is 0.205. The second-order valence-electron chi connectivity index (χ2n) is 6.83. The minimum atomic E-state index is -0.151. The zero-order valence-electron chi connectivity index (χ0n) is 14.2. The molecule has 1 saturated heterocycles. The molecule has 0 bridgehead atoms. The molecule has 2 unspecified atom stereocenters. The normalized spacial score (nSPS) is 20.1. The molecule has 1 heterocycles. The van der Waals surface area contributed by atoms with Gasteiger partial charge in [-0.15, -0.1) is 0 Å². The summed E-state index contributed by atoms with van der Waals surface area (Å²) in [6.45, 7) is 10.0. The molecule has 2 atom stereocenters. The van der Waals surface area contributed by atoms with Crippen LogP contribution >= 0.6 is 0 Å². The molecule has 0 saturated carbocycles. The fraction of sp³-hybridized carbons (Fsp3) is 0.882. The molecule has 0 aliphatic carbocycles. The van der Waals surface area contributed by atoms with Crippen molar-refractivity contribution in [2.75, 3.05) is 13.1 Å². The van der Waals surface area contributed by atoms with Crippen LogP contribution in [0.1, 0.15) is 66.2 Å². The van der Waals surface area contributed by atoms with Crippen molar-refractivity contribution in [3.8, 4) is 0 Å². The quantitative estimate of drug-likeness (QED) is 0.711. The van der Waals surface area contributed by atoms with E-state index in [1.807, 2.05) is 4.90 Å². The van der Waals surface area contributed by atoms with E-state index in [-0.39, 0.29) is 23.8 Å². The summed E-state index contributed by atoms with van der Waals surface area (Å²) in [5.74, 6) is 0.754. The Bertz CT molecular complexity index is 342. The lowest BCUT2D eigenvalue weighted by Gasteiger charge is -2.18. The third-order valence-corrected chi connectivity index (χ3v) is 4.17. The first-order valence-corrected chi connectivity index (χ1v) is 8.52. The Hall–Kier alpha value is -1.06. The lowest BCUT2D eigenvalue weighted by atomic mass is 10.0. The Morgan fingerprint density at radius 1 is 1.29 bits per heavy atom. The summed E-state index contributed by atoms with van der Waals surface area (Å²) < 4.78 is 0. The Morgan fingerprint density at radius 3 is 2.62 bits per heavy atom. The summed E-state index contributed by atoms with van der Waals surface area (Å²) in [4.78, 5) is 25.9. The highest BCUT2D eigenvalue weighted by Gasteiger charge is 2.34. The molecule has 122 valence electrons. The molecule has 0 aromatic carbocycles. The zero-order valence-corrected chi connectivity index (χ0v) is 14.2. The second-order valence-corrected chi connectivity index (χ2v) is 6.83. The molecule has 1 aliphatic heterocycles. The third-order valence-electron chi connectivity index (χ3n) is 4.17. The van der Waals surface area contributed by atoms with Crippen LogP contribution in [0.4, 0.5) is 0 Å². The van der Waals surface area contributed by atoms with Crippen LogP contribution in [0.25, 0.3) is 0 Å². The number of unbranched alkanes of at least 4 members (excludes halogenated alkanes) is 1. The highest BCUT2D eigenvalue weighted by Crippen LogP contribution is 2.19. The van der Waals surface area contributed by atoms with Gasteiger partial charge in [0.2, 0.25) is 11.8 Å². The van der Waals surface area contributed by atoms with E-state index in [0.29, 0.717) is 18.9 Å². The molecule has 0 spiro atoms. The van der Waals surface area contributed by atoms with Crippen molar-refractivity contribution in [2.45, 2.75) is 72.3 Å². The van der Waals surface area contributed by atoms with Gasteiger partial charge < -0.3 is 10.2 Å². The van der Waals surface area contributed by atoms with E-state index in [9.17, 15) is 9.59 Å². The first-order chi connectivity index (χ1) is 9.93. The lowest BCUT2D eigenvalue weighted by molar-refractivity contribution is -0.129. The number of carbonyl (C=O) groups is 2. The number of hydrogen-bond acceptors (Lipinski definition) is 2. The minimum absolute atomic E-state index is 0.0550. The first kappa shape index (κ1) is 18.0. The highest BCUT2D eigenvalue weighted by atomic mass is 16.2. The molecule has 0 radical (unpaired) electrons. The number of nitrogens with one attached hydrogen (secondary N) is 1. The van der Waals surface area contributed by atoms with Gasteiger partial charge in [0.25, 0.3) is 0 Å². The fourth-order valence-corrected chi connectivity index (χ4v) is 2.78. The average molecular weight is 296 g/mol. The van der Waals surface area contributed by atoms with Crippen LogP contribution in [-0.2, 0) is 9.59 Å². The number of carbonyl (C=O) groups excluding carboxylic acids is 2. The number of likely N-dealkylation sites (tertiary alicyclic amines) is 1. The van der Waals surface area contributed by atoms with Gasteiger partial charge in [0.1, 0.15) is 0 Å². The molecule has 0 aromatic rings. The highest BCUT2D eigenvalue weighted by molar-refractivity contribution is 5.89. The molecule has 1 N–H and O–H groups in total. The molecule has 4 nitrogen and oxygen atoms in total.